The molecule has 2 aromatic carbocycles. The number of halogens is 7. The van der Waals surface area contributed by atoms with Crippen molar-refractivity contribution in [3.8, 4) is 17.6 Å². The number of nitrogens with zero attached hydrogens (tertiary/aromatic N) is 2. The molecule has 0 heterocycles. The molecule has 0 fully saturated rings. The molecule has 0 unspecified atom stereocenters. The van der Waals surface area contributed by atoms with E-state index in [1.165, 1.54) is 6.07 Å². The molecular formula is C16H8BrF6N5O. The first-order chi connectivity index (χ1) is 13.4. The predicted octanol–water partition coefficient (Wildman–Crippen LogP) is 4.90. The van der Waals surface area contributed by atoms with Gasteiger partial charge in [-0.25, -0.2) is 13.2 Å². The van der Waals surface area contributed by atoms with E-state index < -0.39 is 52.2 Å². The number of rotatable bonds is 5. The Kier molecular flexibility index (Phi) is 6.38. The van der Waals surface area contributed by atoms with E-state index in [0.29, 0.717) is 0 Å². The standard InChI is InChI=1S/C16H8BrF6N5O/c17-7-3-10(20)14(11(4-7)27-28-12(5-24)15(25)26)29-13-8(18)1-6(2-9(13)19)16(21,22)23/h1-4,27H,(H3,25,26)/b28-12+. The third kappa shape index (κ3) is 5.17. The maximum Gasteiger partial charge on any atom is 0.416 e. The van der Waals surface area contributed by atoms with Gasteiger partial charge in [-0.05, 0) is 24.3 Å². The molecule has 13 heteroatoms. The van der Waals surface area contributed by atoms with Gasteiger partial charge in [0, 0.05) is 4.47 Å². The highest BCUT2D eigenvalue weighted by molar-refractivity contribution is 9.10. The normalized spacial score (nSPS) is 11.7. The van der Waals surface area contributed by atoms with Crippen LogP contribution in [0.15, 0.2) is 33.8 Å². The fraction of sp³-hybridized carbons (Fsp3) is 0.0625. The van der Waals surface area contributed by atoms with Gasteiger partial charge >= 0.3 is 6.18 Å². The van der Waals surface area contributed by atoms with Gasteiger partial charge in [0.15, 0.2) is 34.8 Å². The molecule has 0 aromatic heterocycles. The molecule has 0 spiro atoms. The quantitative estimate of drug-likeness (QED) is 0.245. The number of amidine groups is 1. The molecule has 0 saturated carbocycles. The Bertz CT molecular complexity index is 1020. The third-order valence-corrected chi connectivity index (χ3v) is 3.65. The lowest BCUT2D eigenvalue weighted by Crippen LogP contribution is -2.22. The van der Waals surface area contributed by atoms with Crippen LogP contribution in [0, 0.1) is 34.2 Å². The number of ether oxygens (including phenoxy) is 1. The van der Waals surface area contributed by atoms with E-state index in [-0.39, 0.29) is 22.3 Å². The second-order valence-electron chi connectivity index (χ2n) is 5.23. The summed E-state index contributed by atoms with van der Waals surface area (Å²) < 4.78 is 85.2. The van der Waals surface area contributed by atoms with Gasteiger partial charge < -0.3 is 10.5 Å². The summed E-state index contributed by atoms with van der Waals surface area (Å²) >= 11 is 2.96. The summed E-state index contributed by atoms with van der Waals surface area (Å²) in [6.07, 6.45) is -5.01. The van der Waals surface area contributed by atoms with E-state index in [0.717, 1.165) is 12.1 Å². The van der Waals surface area contributed by atoms with Gasteiger partial charge in [0.25, 0.3) is 0 Å². The van der Waals surface area contributed by atoms with Gasteiger partial charge in [-0.15, -0.1) is 0 Å². The van der Waals surface area contributed by atoms with Gasteiger partial charge in [0.1, 0.15) is 11.8 Å². The van der Waals surface area contributed by atoms with Crippen LogP contribution in [-0.2, 0) is 6.18 Å². The molecule has 0 radical (unpaired) electrons. The molecule has 0 bridgehead atoms. The maximum atomic E-state index is 14.3. The Morgan fingerprint density at radius 3 is 2.14 bits per heavy atom. The molecular weight excluding hydrogens is 472 g/mol. The molecule has 152 valence electrons. The molecule has 0 aliphatic heterocycles. The van der Waals surface area contributed by atoms with Crippen molar-refractivity contribution in [2.24, 2.45) is 10.8 Å². The number of alkyl halides is 3. The first-order valence-corrected chi connectivity index (χ1v) is 8.04. The number of hydrogen-bond donors (Lipinski definition) is 3. The number of benzene rings is 2. The van der Waals surface area contributed by atoms with Crippen molar-refractivity contribution >= 4 is 33.2 Å². The average molecular weight is 480 g/mol. The third-order valence-electron chi connectivity index (χ3n) is 3.19. The van der Waals surface area contributed by atoms with Crippen LogP contribution in [0.2, 0.25) is 0 Å². The zero-order chi connectivity index (χ0) is 21.9. The van der Waals surface area contributed by atoms with Crippen molar-refractivity contribution in [3.63, 3.8) is 0 Å². The molecule has 2 aromatic rings. The lowest BCUT2D eigenvalue weighted by Gasteiger charge is -2.15. The van der Waals surface area contributed by atoms with E-state index in [1.807, 2.05) is 0 Å². The topological polar surface area (TPSA) is 107 Å². The minimum absolute atomic E-state index is 0.00996. The fourth-order valence-corrected chi connectivity index (χ4v) is 2.36. The lowest BCUT2D eigenvalue weighted by atomic mass is 10.2. The molecule has 0 atom stereocenters. The second-order valence-corrected chi connectivity index (χ2v) is 6.15. The van der Waals surface area contributed by atoms with Crippen molar-refractivity contribution in [2.75, 3.05) is 5.43 Å². The van der Waals surface area contributed by atoms with Crippen LogP contribution >= 0.6 is 15.9 Å². The fourth-order valence-electron chi connectivity index (χ4n) is 1.93. The van der Waals surface area contributed by atoms with Crippen LogP contribution in [0.1, 0.15) is 5.56 Å². The second kappa shape index (κ2) is 8.39. The predicted molar refractivity (Wildman–Crippen MR) is 94.1 cm³/mol. The summed E-state index contributed by atoms with van der Waals surface area (Å²) in [6, 6.07) is 3.44. The van der Waals surface area contributed by atoms with E-state index in [9.17, 15) is 26.3 Å². The Balaban J connectivity index is 2.51. The van der Waals surface area contributed by atoms with Crippen LogP contribution in [-0.4, -0.2) is 11.5 Å². The summed E-state index contributed by atoms with van der Waals surface area (Å²) in [5, 5.41) is 19.4. The molecule has 29 heavy (non-hydrogen) atoms. The van der Waals surface area contributed by atoms with E-state index in [1.54, 1.807) is 0 Å². The van der Waals surface area contributed by atoms with Crippen molar-refractivity contribution in [3.05, 3.63) is 51.8 Å². The molecule has 0 aliphatic rings. The number of anilines is 1. The first-order valence-electron chi connectivity index (χ1n) is 7.25. The van der Waals surface area contributed by atoms with Gasteiger partial charge in [-0.1, -0.05) is 15.9 Å². The summed E-state index contributed by atoms with van der Waals surface area (Å²) in [4.78, 5) is 0. The molecule has 0 saturated heterocycles. The zero-order valence-corrected chi connectivity index (χ0v) is 15.4. The summed E-state index contributed by atoms with van der Waals surface area (Å²) in [5.74, 6) is -7.48. The number of hydrazone groups is 1. The highest BCUT2D eigenvalue weighted by Gasteiger charge is 2.33. The van der Waals surface area contributed by atoms with Crippen LogP contribution in [0.3, 0.4) is 0 Å². The molecule has 6 nitrogen and oxygen atoms in total. The Labute approximate surface area is 167 Å². The van der Waals surface area contributed by atoms with E-state index >= 15 is 0 Å². The Hall–Kier alpha value is -3.27. The average Bonchev–Trinajstić information content (AvgIpc) is 2.58. The number of nitriles is 1. The Morgan fingerprint density at radius 1 is 1.10 bits per heavy atom. The van der Waals surface area contributed by atoms with Crippen molar-refractivity contribution in [1.82, 2.24) is 0 Å². The van der Waals surface area contributed by atoms with Gasteiger partial charge in [-0.2, -0.15) is 23.5 Å². The van der Waals surface area contributed by atoms with E-state index in [2.05, 4.69) is 26.5 Å². The smallest absolute Gasteiger partial charge is 0.416 e. The van der Waals surface area contributed by atoms with Crippen LogP contribution in [0.5, 0.6) is 11.5 Å². The van der Waals surface area contributed by atoms with Crippen LogP contribution in [0.25, 0.3) is 0 Å². The van der Waals surface area contributed by atoms with Crippen molar-refractivity contribution in [2.45, 2.75) is 6.18 Å². The number of nitrogens with two attached hydrogens (primary N) is 1. The Morgan fingerprint density at radius 2 is 1.66 bits per heavy atom. The maximum absolute atomic E-state index is 14.3. The minimum atomic E-state index is -5.01. The van der Waals surface area contributed by atoms with Crippen molar-refractivity contribution < 1.29 is 31.1 Å². The van der Waals surface area contributed by atoms with Crippen molar-refractivity contribution in [1.29, 1.82) is 10.7 Å². The summed E-state index contributed by atoms with van der Waals surface area (Å²) in [5.41, 5.74) is 4.69. The molecule has 2 rings (SSSR count). The van der Waals surface area contributed by atoms with Gasteiger partial charge in [0.2, 0.25) is 5.71 Å². The minimum Gasteiger partial charge on any atom is -0.446 e. The molecule has 0 amide bonds. The molecule has 0 aliphatic carbocycles. The highest BCUT2D eigenvalue weighted by Crippen LogP contribution is 2.39. The SMILES string of the molecule is N#C/C(=N\Nc1cc(Br)cc(F)c1Oc1c(F)cc(C(F)(F)F)cc1F)C(=N)N. The zero-order valence-electron chi connectivity index (χ0n) is 13.8. The van der Waals surface area contributed by atoms with E-state index in [4.69, 9.17) is 21.1 Å². The van der Waals surface area contributed by atoms with Crippen LogP contribution in [0.4, 0.5) is 32.0 Å². The summed E-state index contributed by atoms with van der Waals surface area (Å²) in [7, 11) is 0. The highest BCUT2D eigenvalue weighted by atomic mass is 79.9. The first kappa shape index (κ1) is 22.0. The lowest BCUT2D eigenvalue weighted by molar-refractivity contribution is -0.138. The molecule has 4 N–H and O–H groups in total. The number of hydrogen-bond acceptors (Lipinski definition) is 5. The van der Waals surface area contributed by atoms with Gasteiger partial charge in [-0.3, -0.25) is 10.8 Å². The van der Waals surface area contributed by atoms with Gasteiger partial charge in [0.05, 0.1) is 5.56 Å². The number of nitrogens with one attached hydrogen (secondary N) is 2. The monoisotopic (exact) mass is 479 g/mol. The van der Waals surface area contributed by atoms with Crippen LogP contribution < -0.4 is 15.9 Å². The summed E-state index contributed by atoms with van der Waals surface area (Å²) in [6.45, 7) is 0. The largest absolute Gasteiger partial charge is 0.446 e.